The highest BCUT2D eigenvalue weighted by molar-refractivity contribution is 5.43. The predicted octanol–water partition coefficient (Wildman–Crippen LogP) is 4.47. The Hall–Kier alpha value is -3.25. The van der Waals surface area contributed by atoms with Crippen LogP contribution in [0.1, 0.15) is 24.6 Å². The molecule has 180 valence electrons. The maximum absolute atomic E-state index is 13.5. The Balaban J connectivity index is 1.93. The molecule has 3 rings (SSSR count). The zero-order valence-electron chi connectivity index (χ0n) is 19.4. The second-order valence-electron chi connectivity index (χ2n) is 7.92. The molecule has 0 amide bonds. The monoisotopic (exact) mass is 469 g/mol. The summed E-state index contributed by atoms with van der Waals surface area (Å²) in [4.78, 5) is 2.08. The van der Waals surface area contributed by atoms with Crippen molar-refractivity contribution in [1.82, 2.24) is 14.7 Å². The van der Waals surface area contributed by atoms with Crippen LogP contribution in [0, 0.1) is 30.9 Å². The number of benzene rings is 2. The van der Waals surface area contributed by atoms with Crippen molar-refractivity contribution < 1.29 is 23.4 Å². The molecule has 34 heavy (non-hydrogen) atoms. The number of aliphatic hydroxyl groups excluding tert-OH is 1. The molecule has 0 spiro atoms. The van der Waals surface area contributed by atoms with E-state index in [1.165, 1.54) is 36.4 Å². The summed E-state index contributed by atoms with van der Waals surface area (Å²) in [5.74, 6) is 2.54. The van der Waals surface area contributed by atoms with E-state index in [0.29, 0.717) is 30.4 Å². The molecule has 0 bridgehead atoms. The van der Waals surface area contributed by atoms with E-state index in [2.05, 4.69) is 22.8 Å². The van der Waals surface area contributed by atoms with Gasteiger partial charge in [-0.25, -0.2) is 13.5 Å². The summed E-state index contributed by atoms with van der Waals surface area (Å²) in [6.45, 7) is 5.74. The van der Waals surface area contributed by atoms with Gasteiger partial charge >= 0.3 is 0 Å². The Bertz CT molecular complexity index is 1090. The van der Waals surface area contributed by atoms with Crippen molar-refractivity contribution >= 4 is 0 Å². The number of rotatable bonds is 12. The second kappa shape index (κ2) is 12.3. The molecule has 1 atom stereocenters. The molecule has 2 aromatic carbocycles. The lowest BCUT2D eigenvalue weighted by Crippen LogP contribution is -2.35. The van der Waals surface area contributed by atoms with Crippen LogP contribution in [-0.4, -0.2) is 52.2 Å². The molecular weight excluding hydrogens is 440 g/mol. The van der Waals surface area contributed by atoms with E-state index in [0.717, 1.165) is 24.2 Å². The van der Waals surface area contributed by atoms with Crippen LogP contribution in [0.3, 0.4) is 0 Å². The zero-order chi connectivity index (χ0) is 24.5. The van der Waals surface area contributed by atoms with Crippen molar-refractivity contribution in [3.8, 4) is 29.7 Å². The van der Waals surface area contributed by atoms with Gasteiger partial charge in [0.05, 0.1) is 29.7 Å². The number of aryl methyl sites for hydroxylation is 1. The molecule has 0 aliphatic carbocycles. The Morgan fingerprint density at radius 2 is 1.76 bits per heavy atom. The SMILES string of the molecule is C#CCOCC(O)CN(CCC)Cc1c(C)nn(-c2ccc(F)cc2)c1Oc1ccc(F)cc1. The third-order valence-electron chi connectivity index (χ3n) is 5.12. The molecule has 8 heteroatoms. The first kappa shape index (κ1) is 25.4. The summed E-state index contributed by atoms with van der Waals surface area (Å²) in [5, 5.41) is 15.0. The highest BCUT2D eigenvalue weighted by atomic mass is 19.1. The fraction of sp³-hybridized carbons (Fsp3) is 0.346. The fourth-order valence-electron chi connectivity index (χ4n) is 3.58. The molecule has 1 heterocycles. The van der Waals surface area contributed by atoms with Crippen molar-refractivity contribution in [3.05, 3.63) is 71.4 Å². The first-order valence-corrected chi connectivity index (χ1v) is 11.1. The Morgan fingerprint density at radius 1 is 1.12 bits per heavy atom. The van der Waals surface area contributed by atoms with Gasteiger partial charge in [0.2, 0.25) is 5.88 Å². The third kappa shape index (κ3) is 6.87. The first-order chi connectivity index (χ1) is 16.4. The van der Waals surface area contributed by atoms with E-state index in [-0.39, 0.29) is 24.8 Å². The van der Waals surface area contributed by atoms with Crippen molar-refractivity contribution in [2.24, 2.45) is 0 Å². The second-order valence-corrected chi connectivity index (χ2v) is 7.92. The average Bonchev–Trinajstić information content (AvgIpc) is 3.11. The molecule has 0 radical (unpaired) electrons. The predicted molar refractivity (Wildman–Crippen MR) is 126 cm³/mol. The maximum Gasteiger partial charge on any atom is 0.227 e. The molecule has 1 aromatic heterocycles. The van der Waals surface area contributed by atoms with Gasteiger partial charge in [0.15, 0.2) is 0 Å². The lowest BCUT2D eigenvalue weighted by Gasteiger charge is -2.25. The van der Waals surface area contributed by atoms with Gasteiger partial charge in [-0.15, -0.1) is 6.42 Å². The number of nitrogens with zero attached hydrogens (tertiary/aromatic N) is 3. The van der Waals surface area contributed by atoms with Crippen molar-refractivity contribution in [2.45, 2.75) is 32.9 Å². The normalized spacial score (nSPS) is 12.0. The number of hydrogen-bond donors (Lipinski definition) is 1. The highest BCUT2D eigenvalue weighted by Gasteiger charge is 2.22. The molecule has 3 aromatic rings. The van der Waals surface area contributed by atoms with Crippen molar-refractivity contribution in [3.63, 3.8) is 0 Å². The van der Waals surface area contributed by atoms with Gasteiger partial charge in [-0.3, -0.25) is 4.90 Å². The van der Waals surface area contributed by atoms with E-state index in [9.17, 15) is 13.9 Å². The van der Waals surface area contributed by atoms with Gasteiger partial charge in [-0.2, -0.15) is 5.10 Å². The van der Waals surface area contributed by atoms with Crippen LogP contribution in [0.5, 0.6) is 11.6 Å². The summed E-state index contributed by atoms with van der Waals surface area (Å²) in [5.41, 5.74) is 2.15. The molecule has 0 saturated carbocycles. The van der Waals surface area contributed by atoms with Crippen molar-refractivity contribution in [1.29, 1.82) is 0 Å². The van der Waals surface area contributed by atoms with Crippen LogP contribution >= 0.6 is 0 Å². The molecule has 1 unspecified atom stereocenters. The average molecular weight is 470 g/mol. The topological polar surface area (TPSA) is 59.8 Å². The molecule has 6 nitrogen and oxygen atoms in total. The number of aromatic nitrogens is 2. The first-order valence-electron chi connectivity index (χ1n) is 11.1. The number of aliphatic hydroxyl groups is 1. The van der Waals surface area contributed by atoms with Gasteiger partial charge in [0, 0.05) is 13.1 Å². The van der Waals surface area contributed by atoms with E-state index in [1.54, 1.807) is 16.8 Å². The minimum absolute atomic E-state index is 0.136. The fourth-order valence-corrected chi connectivity index (χ4v) is 3.58. The van der Waals surface area contributed by atoms with Crippen LogP contribution in [0.2, 0.25) is 0 Å². The summed E-state index contributed by atoms with van der Waals surface area (Å²) < 4.78 is 40.0. The minimum atomic E-state index is -0.714. The molecule has 0 aliphatic rings. The number of terminal acetylenes is 1. The summed E-state index contributed by atoms with van der Waals surface area (Å²) in [6, 6.07) is 11.6. The van der Waals surface area contributed by atoms with Gasteiger partial charge in [-0.1, -0.05) is 12.8 Å². The molecular formula is C26H29F2N3O3. The van der Waals surface area contributed by atoms with E-state index < -0.39 is 6.10 Å². The Kier molecular flexibility index (Phi) is 9.16. The van der Waals surface area contributed by atoms with Gasteiger partial charge in [0.25, 0.3) is 0 Å². The van der Waals surface area contributed by atoms with Gasteiger partial charge in [0.1, 0.15) is 24.0 Å². The van der Waals surface area contributed by atoms with Crippen LogP contribution < -0.4 is 4.74 Å². The minimum Gasteiger partial charge on any atom is -0.439 e. The lowest BCUT2D eigenvalue weighted by molar-refractivity contribution is 0.0259. The van der Waals surface area contributed by atoms with E-state index in [4.69, 9.17) is 15.9 Å². The van der Waals surface area contributed by atoms with Gasteiger partial charge in [-0.05, 0) is 68.4 Å². The smallest absolute Gasteiger partial charge is 0.227 e. The number of hydrogen-bond acceptors (Lipinski definition) is 5. The quantitative estimate of drug-likeness (QED) is 0.313. The van der Waals surface area contributed by atoms with E-state index >= 15 is 0 Å². The molecule has 0 saturated heterocycles. The highest BCUT2D eigenvalue weighted by Crippen LogP contribution is 2.32. The summed E-state index contributed by atoms with van der Waals surface area (Å²) >= 11 is 0. The number of halogens is 2. The summed E-state index contributed by atoms with van der Waals surface area (Å²) in [6.07, 6.45) is 5.36. The summed E-state index contributed by atoms with van der Waals surface area (Å²) in [7, 11) is 0. The van der Waals surface area contributed by atoms with Crippen molar-refractivity contribution in [2.75, 3.05) is 26.3 Å². The molecule has 0 fully saturated rings. The van der Waals surface area contributed by atoms with Crippen LogP contribution in [0.4, 0.5) is 8.78 Å². The zero-order valence-corrected chi connectivity index (χ0v) is 19.4. The largest absolute Gasteiger partial charge is 0.439 e. The van der Waals surface area contributed by atoms with Crippen LogP contribution in [0.15, 0.2) is 48.5 Å². The standard InChI is InChI=1S/C26H29F2N3O3/c1-4-14-30(16-23(32)18-33-15-5-2)17-25-19(3)29-31(22-10-6-20(27)7-11-22)26(25)34-24-12-8-21(28)9-13-24/h2,6-13,23,32H,4,14-18H2,1,3H3. The van der Waals surface area contributed by atoms with E-state index in [1.807, 2.05) is 6.92 Å². The lowest BCUT2D eigenvalue weighted by atomic mass is 10.2. The molecule has 1 N–H and O–H groups in total. The number of ether oxygens (including phenoxy) is 2. The molecule has 0 aliphatic heterocycles. The van der Waals surface area contributed by atoms with Gasteiger partial charge < -0.3 is 14.6 Å². The Morgan fingerprint density at radius 3 is 2.38 bits per heavy atom. The van der Waals surface area contributed by atoms with Crippen LogP contribution in [0.25, 0.3) is 5.69 Å². The Labute approximate surface area is 198 Å². The van der Waals surface area contributed by atoms with Crippen LogP contribution in [-0.2, 0) is 11.3 Å². The third-order valence-corrected chi connectivity index (χ3v) is 5.12. The maximum atomic E-state index is 13.5.